The molecule has 0 aromatic rings. The number of allylic oxidation sites excluding steroid dienone is 1. The molecule has 0 radical (unpaired) electrons. The smallest absolute Gasteiger partial charge is 0.198 e. The molecule has 0 bridgehead atoms. The van der Waals surface area contributed by atoms with E-state index in [0.29, 0.717) is 19.3 Å². The summed E-state index contributed by atoms with van der Waals surface area (Å²) in [6.07, 6.45) is 3.76. The second-order valence-corrected chi connectivity index (χ2v) is 12.5. The third-order valence-electron chi connectivity index (χ3n) is 10.4. The monoisotopic (exact) mass is 458 g/mol. The van der Waals surface area contributed by atoms with Gasteiger partial charge in [-0.05, 0) is 50.8 Å². The van der Waals surface area contributed by atoms with Gasteiger partial charge in [-0.2, -0.15) is 0 Å². The van der Waals surface area contributed by atoms with E-state index in [9.17, 15) is 19.8 Å². The Morgan fingerprint density at radius 1 is 1.00 bits per heavy atom. The highest BCUT2D eigenvalue weighted by atomic mass is 16.7. The minimum atomic E-state index is -1.23. The lowest BCUT2D eigenvalue weighted by Gasteiger charge is -2.64. The number of aliphatic hydroxyl groups is 2. The highest BCUT2D eigenvalue weighted by molar-refractivity contribution is 6.00. The van der Waals surface area contributed by atoms with Crippen LogP contribution in [-0.4, -0.2) is 51.0 Å². The fraction of sp³-hybridized carbons (Fsp3) is 0.778. The first-order valence-corrected chi connectivity index (χ1v) is 12.4. The Morgan fingerprint density at radius 3 is 2.27 bits per heavy atom. The predicted molar refractivity (Wildman–Crippen MR) is 122 cm³/mol. The van der Waals surface area contributed by atoms with E-state index in [-0.39, 0.29) is 29.8 Å². The van der Waals surface area contributed by atoms with Crippen molar-refractivity contribution >= 4 is 11.6 Å². The van der Waals surface area contributed by atoms with E-state index in [2.05, 4.69) is 0 Å². The van der Waals surface area contributed by atoms with Gasteiger partial charge < -0.3 is 19.7 Å². The number of carbonyl (C=O) groups is 2. The summed E-state index contributed by atoms with van der Waals surface area (Å²) in [6, 6.07) is 0. The molecule has 0 aromatic heterocycles. The van der Waals surface area contributed by atoms with E-state index in [1.54, 1.807) is 6.08 Å². The van der Waals surface area contributed by atoms with Crippen LogP contribution in [-0.2, 0) is 19.1 Å². The van der Waals surface area contributed by atoms with Crippen molar-refractivity contribution in [2.24, 2.45) is 28.6 Å². The number of Topliss-reactive ketones (excluding diaryl/α,β-unsaturated/α-hetero) is 1. The van der Waals surface area contributed by atoms with E-state index in [0.717, 1.165) is 11.1 Å². The molecule has 2 N–H and O–H groups in total. The average molecular weight is 459 g/mol. The first kappa shape index (κ1) is 23.4. The molecule has 3 fully saturated rings. The maximum atomic E-state index is 13.4. The molecule has 6 heteroatoms. The number of aliphatic hydroxyl groups excluding tert-OH is 2. The van der Waals surface area contributed by atoms with E-state index in [1.165, 1.54) is 0 Å². The summed E-state index contributed by atoms with van der Waals surface area (Å²) in [5, 5.41) is 22.9. The van der Waals surface area contributed by atoms with Crippen molar-refractivity contribution in [1.29, 1.82) is 0 Å². The fourth-order valence-corrected chi connectivity index (χ4v) is 7.55. The Morgan fingerprint density at radius 2 is 1.67 bits per heavy atom. The zero-order chi connectivity index (χ0) is 24.4. The summed E-state index contributed by atoms with van der Waals surface area (Å²) in [7, 11) is 0. The Hall–Kier alpha value is -1.34. The molecular formula is C27H38O6. The molecule has 6 nitrogen and oxygen atoms in total. The maximum absolute atomic E-state index is 13.4. The second-order valence-electron chi connectivity index (χ2n) is 12.5. The zero-order valence-corrected chi connectivity index (χ0v) is 20.9. The van der Waals surface area contributed by atoms with Crippen molar-refractivity contribution in [2.45, 2.75) is 103 Å². The number of fused-ring (bicyclic) bond motifs is 5. The molecule has 9 atom stereocenters. The Labute approximate surface area is 196 Å². The summed E-state index contributed by atoms with van der Waals surface area (Å²) in [6.45, 7) is 13.9. The van der Waals surface area contributed by atoms with Crippen LogP contribution in [0.1, 0.15) is 74.1 Å². The van der Waals surface area contributed by atoms with Crippen molar-refractivity contribution in [2.75, 3.05) is 0 Å². The van der Waals surface area contributed by atoms with Gasteiger partial charge >= 0.3 is 0 Å². The van der Waals surface area contributed by atoms with Crippen LogP contribution in [0.3, 0.4) is 0 Å². The average Bonchev–Trinajstić information content (AvgIpc) is 2.89. The van der Waals surface area contributed by atoms with Crippen LogP contribution in [0.15, 0.2) is 23.3 Å². The molecule has 0 amide bonds. The topological polar surface area (TPSA) is 93.1 Å². The van der Waals surface area contributed by atoms with Crippen molar-refractivity contribution in [3.8, 4) is 0 Å². The lowest BCUT2D eigenvalue weighted by Crippen LogP contribution is -2.70. The predicted octanol–water partition coefficient (Wildman–Crippen LogP) is 3.50. The Bertz CT molecular complexity index is 995. The molecule has 5 rings (SSSR count). The van der Waals surface area contributed by atoms with E-state index < -0.39 is 45.9 Å². The van der Waals surface area contributed by atoms with Gasteiger partial charge in [-0.1, -0.05) is 33.8 Å². The molecule has 3 unspecified atom stereocenters. The van der Waals surface area contributed by atoms with E-state index >= 15 is 0 Å². The minimum absolute atomic E-state index is 0.0458. The summed E-state index contributed by atoms with van der Waals surface area (Å²) in [5.41, 5.74) is -1.18. The number of ether oxygens (including phenoxy) is 2. The van der Waals surface area contributed by atoms with Gasteiger partial charge in [0.25, 0.3) is 0 Å². The number of carbonyl (C=O) groups excluding carboxylic acids is 2. The van der Waals surface area contributed by atoms with Crippen LogP contribution in [0, 0.1) is 28.6 Å². The van der Waals surface area contributed by atoms with E-state index in [1.807, 2.05) is 54.5 Å². The number of ketones is 2. The molecule has 33 heavy (non-hydrogen) atoms. The first-order chi connectivity index (χ1) is 15.1. The van der Waals surface area contributed by atoms with Crippen LogP contribution >= 0.6 is 0 Å². The molecule has 182 valence electrons. The van der Waals surface area contributed by atoms with Gasteiger partial charge in [0.05, 0.1) is 11.7 Å². The van der Waals surface area contributed by atoms with Crippen LogP contribution in [0.4, 0.5) is 0 Å². The number of hydrogen-bond acceptors (Lipinski definition) is 6. The summed E-state index contributed by atoms with van der Waals surface area (Å²) < 4.78 is 13.5. The third-order valence-corrected chi connectivity index (χ3v) is 10.4. The lowest BCUT2D eigenvalue weighted by molar-refractivity contribution is -0.378. The van der Waals surface area contributed by atoms with Crippen LogP contribution in [0.5, 0.6) is 0 Å². The standard InChI is InChI=1S/C27H38O6/c1-14-13-25(6)21(30)12-17-18(11-20(29)19-10-16(28)8-9-24(17,19)5)26(25,7)33-27(14)22(31)15(2)23(3,4)32-27/h11-12,14-15,19,21-22,30-31H,8-10,13H2,1-7H3/t14-,15-,19?,21?,22+,24?,25-,26-,27-/m0/s1. The SMILES string of the molecule is C[C@H]1[C@@H](O)[C@@]2(OC1(C)C)O[C@@]1(C)C3=CC(=O)C4CC(=O)CCC4(C)C3=CC(O)[C@]1(C)C[C@@H]2C. The van der Waals surface area contributed by atoms with Gasteiger partial charge in [-0.15, -0.1) is 0 Å². The molecule has 2 heterocycles. The van der Waals surface area contributed by atoms with Gasteiger partial charge in [0, 0.05) is 41.4 Å². The highest BCUT2D eigenvalue weighted by Gasteiger charge is 2.71. The Balaban J connectivity index is 1.68. The molecular weight excluding hydrogens is 420 g/mol. The molecule has 2 aliphatic heterocycles. The zero-order valence-electron chi connectivity index (χ0n) is 20.9. The molecule has 3 aliphatic carbocycles. The van der Waals surface area contributed by atoms with Crippen LogP contribution in [0.25, 0.3) is 0 Å². The largest absolute Gasteiger partial charge is 0.388 e. The number of hydrogen-bond donors (Lipinski definition) is 2. The Kier molecular flexibility index (Phi) is 4.72. The van der Waals surface area contributed by atoms with Crippen LogP contribution in [0.2, 0.25) is 0 Å². The molecule has 1 saturated carbocycles. The van der Waals surface area contributed by atoms with Gasteiger partial charge in [-0.3, -0.25) is 9.59 Å². The molecule has 5 aliphatic rings. The molecule has 1 spiro atoms. The first-order valence-electron chi connectivity index (χ1n) is 12.4. The maximum Gasteiger partial charge on any atom is 0.198 e. The van der Waals surface area contributed by atoms with Gasteiger partial charge in [0.15, 0.2) is 11.6 Å². The normalized spacial score (nSPS) is 53.2. The van der Waals surface area contributed by atoms with Gasteiger partial charge in [-0.25, -0.2) is 0 Å². The van der Waals surface area contributed by atoms with Gasteiger partial charge in [0.1, 0.15) is 17.5 Å². The van der Waals surface area contributed by atoms with E-state index in [4.69, 9.17) is 9.47 Å². The lowest BCUT2D eigenvalue weighted by atomic mass is 9.48. The minimum Gasteiger partial charge on any atom is -0.388 e. The summed E-state index contributed by atoms with van der Waals surface area (Å²) in [5.74, 6) is -1.88. The van der Waals surface area contributed by atoms with Crippen molar-refractivity contribution in [1.82, 2.24) is 0 Å². The van der Waals surface area contributed by atoms with Crippen molar-refractivity contribution in [3.63, 3.8) is 0 Å². The summed E-state index contributed by atoms with van der Waals surface area (Å²) in [4.78, 5) is 25.6. The van der Waals surface area contributed by atoms with Crippen molar-refractivity contribution in [3.05, 3.63) is 23.3 Å². The number of rotatable bonds is 0. The highest BCUT2D eigenvalue weighted by Crippen LogP contribution is 2.66. The molecule has 0 aromatic carbocycles. The van der Waals surface area contributed by atoms with Gasteiger partial charge in [0.2, 0.25) is 0 Å². The van der Waals surface area contributed by atoms with Crippen LogP contribution < -0.4 is 0 Å². The quantitative estimate of drug-likeness (QED) is 0.577. The van der Waals surface area contributed by atoms with Crippen molar-refractivity contribution < 1.29 is 29.3 Å². The molecule has 2 saturated heterocycles. The second kappa shape index (κ2) is 6.66. The summed E-state index contributed by atoms with van der Waals surface area (Å²) >= 11 is 0. The third kappa shape index (κ3) is 2.70. The fourth-order valence-electron chi connectivity index (χ4n) is 7.55.